The summed E-state index contributed by atoms with van der Waals surface area (Å²) in [6.07, 6.45) is -0.930. The van der Waals surface area contributed by atoms with E-state index in [1.807, 2.05) is 51.1 Å². The van der Waals surface area contributed by atoms with E-state index in [4.69, 9.17) is 4.74 Å². The number of benzene rings is 1. The summed E-state index contributed by atoms with van der Waals surface area (Å²) in [5, 5.41) is 14.9. The van der Waals surface area contributed by atoms with Crippen LogP contribution in [0.15, 0.2) is 45.0 Å². The van der Waals surface area contributed by atoms with Gasteiger partial charge in [0, 0.05) is 14.1 Å². The van der Waals surface area contributed by atoms with Crippen molar-refractivity contribution in [3.8, 4) is 0 Å². The van der Waals surface area contributed by atoms with E-state index in [9.17, 15) is 14.7 Å². The second kappa shape index (κ2) is 9.27. The van der Waals surface area contributed by atoms with Gasteiger partial charge in [-0.1, -0.05) is 30.3 Å². The van der Waals surface area contributed by atoms with E-state index in [-0.39, 0.29) is 36.4 Å². The maximum Gasteiger partial charge on any atom is 0.332 e. The molecule has 0 radical (unpaired) electrons. The maximum absolute atomic E-state index is 12.9. The number of nitrogens with one attached hydrogen (secondary N) is 1. The van der Waals surface area contributed by atoms with Crippen molar-refractivity contribution in [2.45, 2.75) is 39.5 Å². The van der Waals surface area contributed by atoms with Crippen LogP contribution in [0.4, 0.5) is 5.95 Å². The Morgan fingerprint density at radius 2 is 1.87 bits per heavy atom. The van der Waals surface area contributed by atoms with Gasteiger partial charge in [-0.2, -0.15) is 10.1 Å². The van der Waals surface area contributed by atoms with Crippen molar-refractivity contribution < 1.29 is 9.84 Å². The lowest BCUT2D eigenvalue weighted by molar-refractivity contribution is -0.000110. The molecule has 31 heavy (non-hydrogen) atoms. The van der Waals surface area contributed by atoms with Crippen LogP contribution in [-0.4, -0.2) is 48.3 Å². The molecule has 3 aromatic rings. The highest BCUT2D eigenvalue weighted by Crippen LogP contribution is 2.17. The molecule has 0 aliphatic heterocycles. The lowest BCUT2D eigenvalue weighted by atomic mass is 10.1. The number of aromatic nitrogens is 4. The molecule has 0 amide bonds. The standard InChI is InChI=1S/C21H28N6O4/c1-13(2)31-12-16(28)11-27-17-18(25(4)21(30)26(5)19(17)29)22-20(27)24-23-14(3)15-9-7-6-8-10-15/h6-10,13,16,28H,11-12H2,1-5H3,(H,22,24)/b23-14+. The van der Waals surface area contributed by atoms with Crippen LogP contribution < -0.4 is 16.7 Å². The van der Waals surface area contributed by atoms with Gasteiger partial charge in [-0.05, 0) is 26.3 Å². The molecule has 3 rings (SSSR count). The molecule has 0 bridgehead atoms. The molecule has 0 saturated carbocycles. The average molecular weight is 428 g/mol. The van der Waals surface area contributed by atoms with Gasteiger partial charge >= 0.3 is 5.69 Å². The van der Waals surface area contributed by atoms with Gasteiger partial charge in [-0.25, -0.2) is 10.2 Å². The Morgan fingerprint density at radius 1 is 1.19 bits per heavy atom. The van der Waals surface area contributed by atoms with Crippen molar-refractivity contribution in [3.63, 3.8) is 0 Å². The molecular weight excluding hydrogens is 400 g/mol. The van der Waals surface area contributed by atoms with Crippen LogP contribution in [0.5, 0.6) is 0 Å². The van der Waals surface area contributed by atoms with Crippen molar-refractivity contribution in [2.24, 2.45) is 19.2 Å². The molecule has 2 aromatic heterocycles. The number of imidazole rings is 1. The molecule has 2 heterocycles. The second-order valence-corrected chi connectivity index (χ2v) is 7.63. The number of hydrogen-bond acceptors (Lipinski definition) is 7. The molecule has 0 fully saturated rings. The van der Waals surface area contributed by atoms with Crippen LogP contribution in [0, 0.1) is 0 Å². The number of aliphatic hydroxyl groups is 1. The fourth-order valence-electron chi connectivity index (χ4n) is 3.15. The number of hydrogen-bond donors (Lipinski definition) is 2. The van der Waals surface area contributed by atoms with Crippen LogP contribution in [0.1, 0.15) is 26.3 Å². The molecule has 0 aliphatic rings. The maximum atomic E-state index is 12.9. The summed E-state index contributed by atoms with van der Waals surface area (Å²) >= 11 is 0. The number of aryl methyl sites for hydroxylation is 1. The summed E-state index contributed by atoms with van der Waals surface area (Å²) in [7, 11) is 2.95. The molecule has 0 saturated heterocycles. The fraction of sp³-hybridized carbons (Fsp3) is 0.429. The van der Waals surface area contributed by atoms with E-state index in [0.717, 1.165) is 10.1 Å². The summed E-state index contributed by atoms with van der Waals surface area (Å²) in [6.45, 7) is 5.72. The van der Waals surface area contributed by atoms with Gasteiger partial charge in [-0.15, -0.1) is 0 Å². The van der Waals surface area contributed by atoms with E-state index < -0.39 is 17.4 Å². The Hall–Kier alpha value is -3.24. The molecule has 1 aromatic carbocycles. The van der Waals surface area contributed by atoms with E-state index >= 15 is 0 Å². The first kappa shape index (κ1) is 22.4. The predicted octanol–water partition coefficient (Wildman–Crippen LogP) is 1.06. The minimum atomic E-state index is -0.888. The van der Waals surface area contributed by atoms with Crippen LogP contribution in [0.2, 0.25) is 0 Å². The van der Waals surface area contributed by atoms with Gasteiger partial charge in [0.05, 0.1) is 31.1 Å². The molecule has 10 nitrogen and oxygen atoms in total. The predicted molar refractivity (Wildman–Crippen MR) is 120 cm³/mol. The van der Waals surface area contributed by atoms with Crippen molar-refractivity contribution in [1.29, 1.82) is 0 Å². The SMILES string of the molecule is C/C(=N\Nc1nc2c(c(=O)n(C)c(=O)n2C)n1CC(O)COC(C)C)c1ccccc1. The molecular formula is C21H28N6O4. The average Bonchev–Trinajstić information content (AvgIpc) is 3.11. The lowest BCUT2D eigenvalue weighted by Crippen LogP contribution is -2.38. The van der Waals surface area contributed by atoms with Crippen molar-refractivity contribution in [2.75, 3.05) is 12.0 Å². The normalized spacial score (nSPS) is 13.2. The minimum Gasteiger partial charge on any atom is -0.389 e. The number of hydrazone groups is 1. The molecule has 0 spiro atoms. The lowest BCUT2D eigenvalue weighted by Gasteiger charge is -2.16. The fourth-order valence-corrected chi connectivity index (χ4v) is 3.15. The third-order valence-corrected chi connectivity index (χ3v) is 4.88. The number of nitrogens with zero attached hydrogens (tertiary/aromatic N) is 5. The summed E-state index contributed by atoms with van der Waals surface area (Å²) in [6, 6.07) is 9.59. The highest BCUT2D eigenvalue weighted by Gasteiger charge is 2.21. The number of rotatable bonds is 8. The highest BCUT2D eigenvalue weighted by atomic mass is 16.5. The van der Waals surface area contributed by atoms with E-state index in [2.05, 4.69) is 15.5 Å². The summed E-state index contributed by atoms with van der Waals surface area (Å²) < 4.78 is 9.33. The van der Waals surface area contributed by atoms with Crippen molar-refractivity contribution >= 4 is 22.8 Å². The molecule has 2 N–H and O–H groups in total. The Balaban J connectivity index is 2.07. The molecule has 1 atom stereocenters. The van der Waals surface area contributed by atoms with Gasteiger partial charge in [0.1, 0.15) is 0 Å². The molecule has 10 heteroatoms. The topological polar surface area (TPSA) is 116 Å². The smallest absolute Gasteiger partial charge is 0.332 e. The van der Waals surface area contributed by atoms with Crippen LogP contribution in [0.3, 0.4) is 0 Å². The summed E-state index contributed by atoms with van der Waals surface area (Å²) in [5.41, 5.74) is 3.94. The first-order valence-electron chi connectivity index (χ1n) is 10.0. The number of ether oxygens (including phenoxy) is 1. The van der Waals surface area contributed by atoms with Crippen LogP contribution >= 0.6 is 0 Å². The van der Waals surface area contributed by atoms with Gasteiger partial charge in [0.15, 0.2) is 11.2 Å². The van der Waals surface area contributed by atoms with E-state index in [0.29, 0.717) is 5.71 Å². The van der Waals surface area contributed by atoms with Gasteiger partial charge in [0.25, 0.3) is 5.56 Å². The number of aliphatic hydroxyl groups excluding tert-OH is 1. The van der Waals surface area contributed by atoms with Crippen LogP contribution in [-0.2, 0) is 25.4 Å². The number of fused-ring (bicyclic) bond motifs is 1. The minimum absolute atomic E-state index is 0.0406. The third kappa shape index (κ3) is 4.75. The Kier molecular flexibility index (Phi) is 6.71. The number of anilines is 1. The van der Waals surface area contributed by atoms with E-state index in [1.54, 1.807) is 7.05 Å². The Labute approximate surface area is 179 Å². The zero-order valence-electron chi connectivity index (χ0n) is 18.4. The second-order valence-electron chi connectivity index (χ2n) is 7.63. The zero-order chi connectivity index (χ0) is 22.7. The monoisotopic (exact) mass is 428 g/mol. The molecule has 0 aliphatic carbocycles. The summed E-state index contributed by atoms with van der Waals surface area (Å²) in [5.74, 6) is 0.243. The zero-order valence-corrected chi connectivity index (χ0v) is 18.4. The summed E-state index contributed by atoms with van der Waals surface area (Å²) in [4.78, 5) is 29.6. The van der Waals surface area contributed by atoms with Crippen molar-refractivity contribution in [3.05, 3.63) is 56.7 Å². The Morgan fingerprint density at radius 3 is 2.52 bits per heavy atom. The Bertz CT molecular complexity index is 1210. The van der Waals surface area contributed by atoms with Crippen LogP contribution in [0.25, 0.3) is 11.2 Å². The van der Waals surface area contributed by atoms with Gasteiger partial charge < -0.3 is 14.4 Å². The first-order valence-corrected chi connectivity index (χ1v) is 10.0. The largest absolute Gasteiger partial charge is 0.389 e. The first-order chi connectivity index (χ1) is 14.7. The van der Waals surface area contributed by atoms with Gasteiger partial charge in [0.2, 0.25) is 5.95 Å². The van der Waals surface area contributed by atoms with Crippen molar-refractivity contribution in [1.82, 2.24) is 18.7 Å². The molecule has 166 valence electrons. The van der Waals surface area contributed by atoms with E-state index in [1.165, 1.54) is 16.2 Å². The quantitative estimate of drug-likeness (QED) is 0.409. The van der Waals surface area contributed by atoms with Gasteiger partial charge in [-0.3, -0.25) is 13.9 Å². The third-order valence-electron chi connectivity index (χ3n) is 4.88. The highest BCUT2D eigenvalue weighted by molar-refractivity contribution is 5.99. The molecule has 1 unspecified atom stereocenters.